The molecule has 0 amide bonds. The van der Waals surface area contributed by atoms with Crippen molar-refractivity contribution in [3.05, 3.63) is 6.55 Å². The fourth-order valence-electron chi connectivity index (χ4n) is 0. The van der Waals surface area contributed by atoms with Gasteiger partial charge in [0.1, 0.15) is 0 Å². The summed E-state index contributed by atoms with van der Waals surface area (Å²) in [6.45, 7) is 8.17. The van der Waals surface area contributed by atoms with Gasteiger partial charge in [0.15, 0.2) is 0 Å². The standard InChI is InChI=1S/C3H9Si.HI.Mg/c1-4(2)3;;/h4H,1H2,2-3H3;1H;/q-1;;+2/p-1. The molecule has 0 bridgehead atoms. The normalized spacial score (nSPS) is 6.00. The molecule has 0 aromatic heterocycles. The summed E-state index contributed by atoms with van der Waals surface area (Å²) in [6, 6.07) is 0. The van der Waals surface area contributed by atoms with Crippen LogP contribution < -0.4 is 24.0 Å². The Kier molecular flexibility index (Phi) is 25.7. The molecule has 0 saturated carbocycles. The monoisotopic (exact) mass is 224 g/mol. The van der Waals surface area contributed by atoms with Crippen LogP contribution in [-0.2, 0) is 0 Å². The largest absolute Gasteiger partial charge is 2.00 e. The first-order chi connectivity index (χ1) is 1.73. The molecule has 0 radical (unpaired) electrons. The van der Waals surface area contributed by atoms with Crippen molar-refractivity contribution in [2.45, 2.75) is 13.1 Å². The van der Waals surface area contributed by atoms with Gasteiger partial charge in [-0.05, 0) is 0 Å². The zero-order valence-electron chi connectivity index (χ0n) is 4.37. The second kappa shape index (κ2) is 9.86. The molecule has 0 aliphatic rings. The number of rotatable bonds is 0. The van der Waals surface area contributed by atoms with Crippen LogP contribution in [-0.4, -0.2) is 31.8 Å². The minimum atomic E-state index is -0.389. The van der Waals surface area contributed by atoms with Crippen LogP contribution in [0.3, 0.4) is 0 Å². The predicted molar refractivity (Wildman–Crippen MR) is 30.0 cm³/mol. The van der Waals surface area contributed by atoms with Crippen molar-refractivity contribution >= 4 is 31.8 Å². The maximum absolute atomic E-state index is 3.78. The summed E-state index contributed by atoms with van der Waals surface area (Å²) in [7, 11) is -0.389. The molecule has 0 aliphatic heterocycles. The maximum atomic E-state index is 3.78. The number of hydrogen-bond donors (Lipinski definition) is 0. The summed E-state index contributed by atoms with van der Waals surface area (Å²) in [5.74, 6) is 0. The molecule has 0 fully saturated rings. The Morgan fingerprint density at radius 2 is 1.33 bits per heavy atom. The molecule has 3 heteroatoms. The van der Waals surface area contributed by atoms with E-state index in [2.05, 4.69) is 19.6 Å². The number of hydrogen-bond acceptors (Lipinski definition) is 0. The minimum absolute atomic E-state index is 0. The topological polar surface area (TPSA) is 0 Å². The smallest absolute Gasteiger partial charge is 1.00 e. The van der Waals surface area contributed by atoms with E-state index in [-0.39, 0.29) is 55.8 Å². The zero-order valence-corrected chi connectivity index (χ0v) is 9.10. The molecule has 0 aromatic rings. The molecule has 0 aromatic carbocycles. The average Bonchev–Trinajstić information content (AvgIpc) is 0.811. The Morgan fingerprint density at radius 3 is 1.33 bits per heavy atom. The first-order valence-corrected chi connectivity index (χ1v) is 4.69. The van der Waals surface area contributed by atoms with Crippen molar-refractivity contribution in [1.29, 1.82) is 0 Å². The van der Waals surface area contributed by atoms with Gasteiger partial charge < -0.3 is 30.5 Å². The third kappa shape index (κ3) is 43.2. The van der Waals surface area contributed by atoms with Gasteiger partial charge >= 0.3 is 23.1 Å². The molecule has 0 aliphatic carbocycles. The third-order valence-electron chi connectivity index (χ3n) is 0. The summed E-state index contributed by atoms with van der Waals surface area (Å²) in [5.41, 5.74) is 0. The zero-order chi connectivity index (χ0) is 3.58. The fraction of sp³-hybridized carbons (Fsp3) is 0.667. The number of halogens is 1. The van der Waals surface area contributed by atoms with Crippen LogP contribution in [0.2, 0.25) is 13.1 Å². The van der Waals surface area contributed by atoms with Gasteiger partial charge in [0, 0.05) is 0 Å². The summed E-state index contributed by atoms with van der Waals surface area (Å²) in [4.78, 5) is 0. The van der Waals surface area contributed by atoms with E-state index in [1.807, 2.05) is 0 Å². The summed E-state index contributed by atoms with van der Waals surface area (Å²) >= 11 is 0. The van der Waals surface area contributed by atoms with Gasteiger partial charge in [0.05, 0.1) is 0 Å². The van der Waals surface area contributed by atoms with Crippen LogP contribution >= 0.6 is 0 Å². The molecule has 0 atom stereocenters. The van der Waals surface area contributed by atoms with Crippen LogP contribution in [0.4, 0.5) is 0 Å². The van der Waals surface area contributed by atoms with E-state index in [0.29, 0.717) is 0 Å². The molecule has 0 nitrogen and oxygen atoms in total. The molecule has 0 unspecified atom stereocenters. The fourth-order valence-corrected chi connectivity index (χ4v) is 0. The quantitative estimate of drug-likeness (QED) is 0.242. The Labute approximate surface area is 74.9 Å². The Hall–Kier alpha value is 1.71. The van der Waals surface area contributed by atoms with Crippen LogP contribution in [0, 0.1) is 6.55 Å². The van der Waals surface area contributed by atoms with Gasteiger partial charge in [-0.25, -0.2) is 0 Å². The van der Waals surface area contributed by atoms with Crippen molar-refractivity contribution in [2.75, 3.05) is 0 Å². The molecular weight excluding hydrogens is 215 g/mol. The van der Waals surface area contributed by atoms with E-state index in [0.717, 1.165) is 0 Å². The Bertz CT molecular complexity index is 15.5. The first kappa shape index (κ1) is 15.6. The van der Waals surface area contributed by atoms with Gasteiger partial charge in [-0.15, -0.1) is 8.80 Å². The Morgan fingerprint density at radius 1 is 1.33 bits per heavy atom. The van der Waals surface area contributed by atoms with Gasteiger partial charge in [-0.3, -0.25) is 0 Å². The van der Waals surface area contributed by atoms with Gasteiger partial charge in [0.25, 0.3) is 0 Å². The molecular formula is C3H9IMgSi. The second-order valence-electron chi connectivity index (χ2n) is 1.39. The third-order valence-corrected chi connectivity index (χ3v) is 0. The average molecular weight is 224 g/mol. The van der Waals surface area contributed by atoms with E-state index in [1.165, 1.54) is 0 Å². The Balaban J connectivity index is -0.0000000450. The van der Waals surface area contributed by atoms with Crippen molar-refractivity contribution in [3.8, 4) is 0 Å². The SMILES string of the molecule is [CH2-][SiH](C)C.[I-].[Mg+2]. The summed E-state index contributed by atoms with van der Waals surface area (Å²) in [5, 5.41) is 0. The van der Waals surface area contributed by atoms with Crippen molar-refractivity contribution in [1.82, 2.24) is 0 Å². The maximum Gasteiger partial charge on any atom is 2.00 e. The van der Waals surface area contributed by atoms with Gasteiger partial charge in [-0.1, -0.05) is 13.1 Å². The van der Waals surface area contributed by atoms with Gasteiger partial charge in [0.2, 0.25) is 0 Å². The second-order valence-corrected chi connectivity index (χ2v) is 4.18. The van der Waals surface area contributed by atoms with Crippen molar-refractivity contribution in [2.24, 2.45) is 0 Å². The molecule has 0 rings (SSSR count). The summed E-state index contributed by atoms with van der Waals surface area (Å²) in [6.07, 6.45) is 0. The molecule has 0 saturated heterocycles. The van der Waals surface area contributed by atoms with Crippen LogP contribution in [0.15, 0.2) is 0 Å². The predicted octanol–water partition coefficient (Wildman–Crippen LogP) is -2.53. The molecule has 0 spiro atoms. The minimum Gasteiger partial charge on any atom is -1.00 e. The molecule has 0 heterocycles. The van der Waals surface area contributed by atoms with E-state index >= 15 is 0 Å². The van der Waals surface area contributed by atoms with E-state index in [4.69, 9.17) is 0 Å². The van der Waals surface area contributed by atoms with Gasteiger partial charge in [-0.2, -0.15) is 0 Å². The van der Waals surface area contributed by atoms with Crippen LogP contribution in [0.5, 0.6) is 0 Å². The van der Waals surface area contributed by atoms with Crippen LogP contribution in [0.25, 0.3) is 0 Å². The first-order valence-electron chi connectivity index (χ1n) is 1.56. The molecule has 0 N–H and O–H groups in total. The van der Waals surface area contributed by atoms with E-state index < -0.39 is 0 Å². The van der Waals surface area contributed by atoms with Crippen LogP contribution in [0.1, 0.15) is 0 Å². The van der Waals surface area contributed by atoms with Crippen molar-refractivity contribution < 1.29 is 24.0 Å². The van der Waals surface area contributed by atoms with Crippen molar-refractivity contribution in [3.63, 3.8) is 0 Å². The molecule has 34 valence electrons. The summed E-state index contributed by atoms with van der Waals surface area (Å²) < 4.78 is 0. The van der Waals surface area contributed by atoms with E-state index in [1.54, 1.807) is 0 Å². The molecule has 6 heavy (non-hydrogen) atoms. The van der Waals surface area contributed by atoms with E-state index in [9.17, 15) is 0 Å².